The zero-order valence-electron chi connectivity index (χ0n) is 14.0. The van der Waals surface area contributed by atoms with Gasteiger partial charge in [0.05, 0.1) is 5.56 Å². The van der Waals surface area contributed by atoms with E-state index in [-0.39, 0.29) is 11.5 Å². The molecular weight excluding hydrogens is 337 g/mol. The number of aromatic carboxylic acids is 1. The molecule has 1 heterocycles. The maximum Gasteiger partial charge on any atom is 0.335 e. The van der Waals surface area contributed by atoms with Crippen LogP contribution in [0.4, 0.5) is 4.39 Å². The number of nitrogens with zero attached hydrogens (tertiary/aromatic N) is 2. The lowest BCUT2D eigenvalue weighted by molar-refractivity contribution is 0.0696. The lowest BCUT2D eigenvalue weighted by atomic mass is 9.84. The fourth-order valence-electron chi connectivity index (χ4n) is 3.01. The summed E-state index contributed by atoms with van der Waals surface area (Å²) in [5, 5.41) is 13.4. The van der Waals surface area contributed by atoms with E-state index in [4.69, 9.17) is 5.11 Å². The van der Waals surface area contributed by atoms with Gasteiger partial charge in [-0.1, -0.05) is 6.42 Å². The average molecular weight is 355 g/mol. The second kappa shape index (κ2) is 7.86. The molecule has 1 fully saturated rings. The molecule has 0 saturated heterocycles. The maximum absolute atomic E-state index is 12.9. The molecule has 6 nitrogen and oxygen atoms in total. The summed E-state index contributed by atoms with van der Waals surface area (Å²) >= 11 is 0. The van der Waals surface area contributed by atoms with Crippen molar-refractivity contribution in [1.29, 1.82) is 0 Å². The molecule has 3 rings (SSSR count). The van der Waals surface area contributed by atoms with Crippen LogP contribution in [0, 0.1) is 5.82 Å². The second-order valence-corrected chi connectivity index (χ2v) is 6.12. The zero-order valence-corrected chi connectivity index (χ0v) is 14.0. The van der Waals surface area contributed by atoms with Crippen molar-refractivity contribution in [3.63, 3.8) is 0 Å². The molecule has 1 amide bonds. The monoisotopic (exact) mass is 355 g/mol. The van der Waals surface area contributed by atoms with Crippen molar-refractivity contribution in [1.82, 2.24) is 10.4 Å². The first-order chi connectivity index (χ1) is 12.5. The standard InChI is InChI=1S/C19H18FN3O3/c20-14-7-5-12(6-8-14)18(24)23-22-16-4-2-1-3-15(16)17-11-13(19(25)26)9-10-21-17/h5-11,15H,1-4H2,(H,23,24)(H,25,26)/b22-16-/t15-/m0/s1. The van der Waals surface area contributed by atoms with Gasteiger partial charge in [-0.3, -0.25) is 9.78 Å². The number of carbonyl (C=O) groups excluding carboxylic acids is 1. The van der Waals surface area contributed by atoms with Gasteiger partial charge in [-0.05, 0) is 55.7 Å². The minimum absolute atomic E-state index is 0.128. The highest BCUT2D eigenvalue weighted by atomic mass is 19.1. The van der Waals surface area contributed by atoms with E-state index in [0.717, 1.165) is 25.0 Å². The Kier molecular flexibility index (Phi) is 5.36. The lowest BCUT2D eigenvalue weighted by Crippen LogP contribution is -2.25. The lowest BCUT2D eigenvalue weighted by Gasteiger charge is -2.23. The van der Waals surface area contributed by atoms with E-state index in [9.17, 15) is 14.0 Å². The van der Waals surface area contributed by atoms with Crippen LogP contribution in [0.5, 0.6) is 0 Å². The summed E-state index contributed by atoms with van der Waals surface area (Å²) in [5.74, 6) is -1.97. The Labute approximate surface area is 149 Å². The predicted octanol–water partition coefficient (Wildman–Crippen LogP) is 3.36. The number of rotatable bonds is 4. The molecule has 0 aliphatic heterocycles. The smallest absolute Gasteiger partial charge is 0.335 e. The van der Waals surface area contributed by atoms with Crippen molar-refractivity contribution in [3.05, 3.63) is 65.2 Å². The fraction of sp³-hybridized carbons (Fsp3) is 0.263. The summed E-state index contributed by atoms with van der Waals surface area (Å²) in [4.78, 5) is 27.6. The van der Waals surface area contributed by atoms with Gasteiger partial charge in [-0.15, -0.1) is 0 Å². The minimum Gasteiger partial charge on any atom is -0.478 e. The number of aromatic nitrogens is 1. The summed E-state index contributed by atoms with van der Waals surface area (Å²) in [7, 11) is 0. The van der Waals surface area contributed by atoms with E-state index < -0.39 is 17.7 Å². The van der Waals surface area contributed by atoms with E-state index in [0.29, 0.717) is 17.7 Å². The van der Waals surface area contributed by atoms with Crippen LogP contribution in [0.25, 0.3) is 0 Å². The van der Waals surface area contributed by atoms with Crippen LogP contribution in [-0.4, -0.2) is 27.7 Å². The molecule has 7 heteroatoms. The zero-order chi connectivity index (χ0) is 18.5. The van der Waals surface area contributed by atoms with Crippen LogP contribution in [0.15, 0.2) is 47.7 Å². The summed E-state index contributed by atoms with van der Waals surface area (Å²) in [6, 6.07) is 8.21. The van der Waals surface area contributed by atoms with Gasteiger partial charge in [-0.2, -0.15) is 5.10 Å². The third kappa shape index (κ3) is 4.11. The first kappa shape index (κ1) is 17.7. The molecule has 0 unspecified atom stereocenters. The van der Waals surface area contributed by atoms with Gasteiger partial charge < -0.3 is 5.11 Å². The normalized spacial score (nSPS) is 18.5. The summed E-state index contributed by atoms with van der Waals surface area (Å²) in [5.41, 5.74) is 4.40. The van der Waals surface area contributed by atoms with Gasteiger partial charge in [0.1, 0.15) is 5.82 Å². The average Bonchev–Trinajstić information content (AvgIpc) is 2.67. The number of halogens is 1. The number of nitrogens with one attached hydrogen (secondary N) is 1. The Balaban J connectivity index is 1.79. The van der Waals surface area contributed by atoms with Crippen LogP contribution < -0.4 is 5.43 Å². The van der Waals surface area contributed by atoms with Crippen molar-refractivity contribution in [2.75, 3.05) is 0 Å². The molecular formula is C19H18FN3O3. The second-order valence-electron chi connectivity index (χ2n) is 6.12. The highest BCUT2D eigenvalue weighted by molar-refractivity contribution is 5.97. The molecule has 1 aromatic carbocycles. The van der Waals surface area contributed by atoms with Gasteiger partial charge >= 0.3 is 5.97 Å². The van der Waals surface area contributed by atoms with E-state index in [1.54, 1.807) is 6.07 Å². The van der Waals surface area contributed by atoms with Crippen molar-refractivity contribution >= 4 is 17.6 Å². The number of pyridine rings is 1. The number of hydrazone groups is 1. The van der Waals surface area contributed by atoms with Crippen LogP contribution >= 0.6 is 0 Å². The molecule has 1 saturated carbocycles. The molecule has 0 spiro atoms. The van der Waals surface area contributed by atoms with Gasteiger partial charge in [0.15, 0.2) is 0 Å². The van der Waals surface area contributed by atoms with E-state index in [1.807, 2.05) is 0 Å². The third-order valence-electron chi connectivity index (χ3n) is 4.37. The van der Waals surface area contributed by atoms with E-state index in [1.165, 1.54) is 36.5 Å². The number of carboxylic acid groups (broad SMARTS) is 1. The number of benzene rings is 1. The van der Waals surface area contributed by atoms with Crippen LogP contribution in [0.1, 0.15) is 58.0 Å². The largest absolute Gasteiger partial charge is 0.478 e. The molecule has 0 bridgehead atoms. The molecule has 26 heavy (non-hydrogen) atoms. The predicted molar refractivity (Wildman–Crippen MR) is 93.7 cm³/mol. The molecule has 0 radical (unpaired) electrons. The van der Waals surface area contributed by atoms with Gasteiger partial charge in [0.25, 0.3) is 5.91 Å². The molecule has 1 aliphatic carbocycles. The molecule has 2 N–H and O–H groups in total. The van der Waals surface area contributed by atoms with E-state index >= 15 is 0 Å². The Morgan fingerprint density at radius 1 is 1.15 bits per heavy atom. The van der Waals surface area contributed by atoms with Crippen molar-refractivity contribution in [2.45, 2.75) is 31.6 Å². The number of carboxylic acids is 1. The fourth-order valence-corrected chi connectivity index (χ4v) is 3.01. The van der Waals surface area contributed by atoms with Gasteiger partial charge in [0, 0.05) is 29.1 Å². The SMILES string of the molecule is O=C(O)c1ccnc([C@H]2CCCC/C2=N/NC(=O)c2ccc(F)cc2)c1. The van der Waals surface area contributed by atoms with Crippen molar-refractivity contribution in [3.8, 4) is 0 Å². The minimum atomic E-state index is -1.01. The number of carbonyl (C=O) groups is 2. The Hall–Kier alpha value is -3.09. The topological polar surface area (TPSA) is 91.7 Å². The van der Waals surface area contributed by atoms with Gasteiger partial charge in [-0.25, -0.2) is 14.6 Å². The van der Waals surface area contributed by atoms with Crippen molar-refractivity contribution < 1.29 is 19.1 Å². The third-order valence-corrected chi connectivity index (χ3v) is 4.37. The summed E-state index contributed by atoms with van der Waals surface area (Å²) in [6.45, 7) is 0. The highest BCUT2D eigenvalue weighted by Crippen LogP contribution is 2.30. The van der Waals surface area contributed by atoms with Crippen LogP contribution in [-0.2, 0) is 0 Å². The maximum atomic E-state index is 12.9. The Morgan fingerprint density at radius 3 is 2.65 bits per heavy atom. The Bertz CT molecular complexity index is 849. The highest BCUT2D eigenvalue weighted by Gasteiger charge is 2.24. The van der Waals surface area contributed by atoms with Crippen LogP contribution in [0.3, 0.4) is 0 Å². The molecule has 1 atom stereocenters. The van der Waals surface area contributed by atoms with Crippen LogP contribution in [0.2, 0.25) is 0 Å². The van der Waals surface area contributed by atoms with Crippen molar-refractivity contribution in [2.24, 2.45) is 5.10 Å². The van der Waals surface area contributed by atoms with Gasteiger partial charge in [0.2, 0.25) is 0 Å². The van der Waals surface area contributed by atoms with E-state index in [2.05, 4.69) is 15.5 Å². The summed E-state index contributed by atoms with van der Waals surface area (Å²) in [6.07, 6.45) is 4.89. The number of amides is 1. The quantitative estimate of drug-likeness (QED) is 0.823. The molecule has 2 aromatic rings. The Morgan fingerprint density at radius 2 is 1.92 bits per heavy atom. The molecule has 1 aliphatic rings. The number of hydrogen-bond donors (Lipinski definition) is 2. The molecule has 134 valence electrons. The first-order valence-electron chi connectivity index (χ1n) is 8.36. The first-order valence-corrected chi connectivity index (χ1v) is 8.36. The number of hydrogen-bond acceptors (Lipinski definition) is 4. The summed E-state index contributed by atoms with van der Waals surface area (Å²) < 4.78 is 12.9. The molecule has 1 aromatic heterocycles.